The summed E-state index contributed by atoms with van der Waals surface area (Å²) in [5.74, 6) is 0. The number of allylic oxidation sites excluding steroid dienone is 5. The molecule has 0 bridgehead atoms. The summed E-state index contributed by atoms with van der Waals surface area (Å²) in [4.78, 5) is 2.46. The first-order chi connectivity index (χ1) is 22.1. The van der Waals surface area contributed by atoms with Gasteiger partial charge >= 0.3 is 7.12 Å². The molecule has 230 valence electrons. The molecule has 0 saturated carbocycles. The third-order valence-corrected chi connectivity index (χ3v) is 12.0. The summed E-state index contributed by atoms with van der Waals surface area (Å²) in [6, 6.07) is 31.4. The highest BCUT2D eigenvalue weighted by atomic mass is 32.1. The van der Waals surface area contributed by atoms with Crippen LogP contribution in [-0.4, -0.2) is 18.3 Å². The minimum absolute atomic E-state index is 0.0996. The molecule has 46 heavy (non-hydrogen) atoms. The smallest absolute Gasteiger partial charge is 0.399 e. The van der Waals surface area contributed by atoms with Crippen molar-refractivity contribution in [1.82, 2.24) is 0 Å². The molecule has 1 atom stereocenters. The van der Waals surface area contributed by atoms with Crippen molar-refractivity contribution in [3.05, 3.63) is 126 Å². The molecule has 1 unspecified atom stereocenters. The number of nitrogens with zero attached hydrogens (tertiary/aromatic N) is 1. The molecule has 1 fully saturated rings. The summed E-state index contributed by atoms with van der Waals surface area (Å²) in [5, 5.41) is 2.60. The number of anilines is 2. The molecule has 2 aliphatic heterocycles. The van der Waals surface area contributed by atoms with E-state index in [1.807, 2.05) is 11.3 Å². The highest BCUT2D eigenvalue weighted by molar-refractivity contribution is 7.25. The number of hydrogen-bond donors (Lipinski definition) is 0. The zero-order valence-electron chi connectivity index (χ0n) is 27.6. The zero-order valence-corrected chi connectivity index (χ0v) is 28.4. The number of rotatable bonds is 4. The van der Waals surface area contributed by atoms with Crippen molar-refractivity contribution >= 4 is 55.5 Å². The summed E-state index contributed by atoms with van der Waals surface area (Å²) in [6.07, 6.45) is 10.7. The summed E-state index contributed by atoms with van der Waals surface area (Å²) < 4.78 is 16.2. The molecule has 3 aliphatic rings. The van der Waals surface area contributed by atoms with Gasteiger partial charge in [0.2, 0.25) is 0 Å². The Morgan fingerprint density at radius 2 is 1.57 bits per heavy atom. The average Bonchev–Trinajstić information content (AvgIpc) is 3.41. The Bertz CT molecular complexity index is 2120. The van der Waals surface area contributed by atoms with E-state index >= 15 is 0 Å². The molecule has 3 nitrogen and oxygen atoms in total. The largest absolute Gasteiger partial charge is 0.494 e. The second-order valence-corrected chi connectivity index (χ2v) is 15.2. The second-order valence-electron chi connectivity index (χ2n) is 14.1. The van der Waals surface area contributed by atoms with Crippen LogP contribution in [0.1, 0.15) is 59.9 Å². The highest BCUT2D eigenvalue weighted by Gasteiger charge is 2.53. The van der Waals surface area contributed by atoms with Gasteiger partial charge in [0.05, 0.1) is 16.9 Å². The molecule has 0 spiro atoms. The number of benzene rings is 4. The number of thiophene rings is 1. The fourth-order valence-corrected chi connectivity index (χ4v) is 8.67. The molecule has 0 amide bonds. The van der Waals surface area contributed by atoms with Gasteiger partial charge in [0.25, 0.3) is 0 Å². The van der Waals surface area contributed by atoms with Gasteiger partial charge in [0.15, 0.2) is 0 Å². The molecule has 1 aliphatic carbocycles. The molecule has 5 aromatic rings. The number of hydrogen-bond acceptors (Lipinski definition) is 4. The van der Waals surface area contributed by atoms with E-state index < -0.39 is 18.3 Å². The predicted octanol–water partition coefficient (Wildman–Crippen LogP) is 10.6. The van der Waals surface area contributed by atoms with E-state index in [-0.39, 0.29) is 5.41 Å². The molecule has 3 heterocycles. The summed E-state index contributed by atoms with van der Waals surface area (Å²) in [6.45, 7) is 13.4. The van der Waals surface area contributed by atoms with Crippen molar-refractivity contribution in [3.63, 3.8) is 0 Å². The van der Waals surface area contributed by atoms with E-state index in [4.69, 9.17) is 9.31 Å². The molecule has 0 radical (unpaired) electrons. The zero-order chi connectivity index (χ0) is 31.8. The molecule has 5 heteroatoms. The monoisotopic (exact) mass is 621 g/mol. The van der Waals surface area contributed by atoms with E-state index in [1.165, 1.54) is 48.3 Å². The maximum absolute atomic E-state index is 6.80. The van der Waals surface area contributed by atoms with Gasteiger partial charge in [-0.1, -0.05) is 87.5 Å². The van der Waals surface area contributed by atoms with E-state index in [1.54, 1.807) is 0 Å². The Labute approximate surface area is 277 Å². The van der Waals surface area contributed by atoms with Crippen LogP contribution < -0.4 is 10.4 Å². The van der Waals surface area contributed by atoms with Crippen LogP contribution in [0.4, 0.5) is 11.4 Å². The third-order valence-electron chi connectivity index (χ3n) is 10.8. The lowest BCUT2D eigenvalue weighted by Crippen LogP contribution is -2.44. The van der Waals surface area contributed by atoms with Crippen molar-refractivity contribution in [1.29, 1.82) is 0 Å². The summed E-state index contributed by atoms with van der Waals surface area (Å²) in [7, 11) is -0.472. The number of para-hydroxylation sites is 1. The van der Waals surface area contributed by atoms with Gasteiger partial charge < -0.3 is 14.2 Å². The van der Waals surface area contributed by atoms with Gasteiger partial charge in [0, 0.05) is 37.0 Å². The van der Waals surface area contributed by atoms with Crippen molar-refractivity contribution in [2.75, 3.05) is 4.90 Å². The standard InChI is InChI=1S/C41H40BNO2S/c1-7-41(6)40(4,5)44-42(45-41)29-23-28(27-21-22-38-32(25-27)31-15-11-14-20-37(31)46-38)24-30(26-29)43-35-18-10-8-9-16-33(35)39(2,3)34-17-12-13-19-36(34)43/h8-15,17-26H,7,16H2,1-6H3. The van der Waals surface area contributed by atoms with Crippen molar-refractivity contribution in [2.45, 2.75) is 71.0 Å². The van der Waals surface area contributed by atoms with Gasteiger partial charge in [-0.05, 0) is 104 Å². The van der Waals surface area contributed by atoms with Gasteiger partial charge in [-0.25, -0.2) is 0 Å². The lowest BCUT2D eigenvalue weighted by atomic mass is 9.71. The summed E-state index contributed by atoms with van der Waals surface area (Å²) >= 11 is 1.86. The Balaban J connectivity index is 1.36. The van der Waals surface area contributed by atoms with Crippen LogP contribution in [-0.2, 0) is 14.7 Å². The number of fused-ring (bicyclic) bond motifs is 4. The molecule has 1 aromatic heterocycles. The van der Waals surface area contributed by atoms with Crippen molar-refractivity contribution < 1.29 is 9.31 Å². The lowest BCUT2D eigenvalue weighted by Gasteiger charge is -2.43. The van der Waals surface area contributed by atoms with Crippen LogP contribution in [0.3, 0.4) is 0 Å². The first-order valence-electron chi connectivity index (χ1n) is 16.5. The first-order valence-corrected chi connectivity index (χ1v) is 17.3. The lowest BCUT2D eigenvalue weighted by molar-refractivity contribution is -0.0118. The highest BCUT2D eigenvalue weighted by Crippen LogP contribution is 2.50. The van der Waals surface area contributed by atoms with Gasteiger partial charge in [-0.2, -0.15) is 0 Å². The maximum Gasteiger partial charge on any atom is 0.494 e. The third kappa shape index (κ3) is 4.47. The van der Waals surface area contributed by atoms with Gasteiger partial charge in [-0.3, -0.25) is 0 Å². The van der Waals surface area contributed by atoms with E-state index in [2.05, 4.69) is 156 Å². The fourth-order valence-electron chi connectivity index (χ4n) is 7.58. The van der Waals surface area contributed by atoms with Crippen molar-refractivity contribution in [3.8, 4) is 11.1 Å². The van der Waals surface area contributed by atoms with Gasteiger partial charge in [-0.15, -0.1) is 11.3 Å². The molecule has 0 N–H and O–H groups in total. The van der Waals surface area contributed by atoms with Crippen LogP contribution in [0.25, 0.3) is 31.3 Å². The first kappa shape index (κ1) is 29.5. The van der Waals surface area contributed by atoms with E-state index in [9.17, 15) is 0 Å². The molecular formula is C41H40BNO2S. The minimum atomic E-state index is -0.472. The molecule has 4 aromatic carbocycles. The van der Waals surface area contributed by atoms with Crippen LogP contribution >= 0.6 is 11.3 Å². The Morgan fingerprint density at radius 1 is 0.783 bits per heavy atom. The normalized spacial score (nSPS) is 21.6. The van der Waals surface area contributed by atoms with Crippen LogP contribution in [0, 0.1) is 0 Å². The fraction of sp³-hybridized carbons (Fsp3) is 0.268. The summed E-state index contributed by atoms with van der Waals surface area (Å²) in [5.41, 5.74) is 8.78. The average molecular weight is 622 g/mol. The molecule has 8 rings (SSSR count). The quantitative estimate of drug-likeness (QED) is 0.186. The Hall–Kier alpha value is -3.90. The van der Waals surface area contributed by atoms with Crippen LogP contribution in [0.15, 0.2) is 121 Å². The second kappa shape index (κ2) is 10.6. The van der Waals surface area contributed by atoms with E-state index in [0.717, 1.165) is 29.6 Å². The molecular weight excluding hydrogens is 581 g/mol. The maximum atomic E-state index is 6.80. The van der Waals surface area contributed by atoms with Crippen LogP contribution in [0.2, 0.25) is 0 Å². The van der Waals surface area contributed by atoms with E-state index in [0.29, 0.717) is 0 Å². The Kier molecular flexibility index (Phi) is 6.78. The Morgan fingerprint density at radius 3 is 2.39 bits per heavy atom. The van der Waals surface area contributed by atoms with Crippen LogP contribution in [0.5, 0.6) is 0 Å². The molecule has 1 saturated heterocycles. The van der Waals surface area contributed by atoms with Crippen molar-refractivity contribution in [2.24, 2.45) is 0 Å². The van der Waals surface area contributed by atoms with Gasteiger partial charge in [0.1, 0.15) is 0 Å². The predicted molar refractivity (Wildman–Crippen MR) is 197 cm³/mol. The topological polar surface area (TPSA) is 21.7 Å². The minimum Gasteiger partial charge on any atom is -0.399 e. The SMILES string of the molecule is CCC1(C)OB(c2cc(-c3ccc4sc5ccccc5c4c3)cc(N3C4=C(CC=CC=C4)C(C)(C)c4ccccc43)c2)OC1(C)C.